The molecular weight excluding hydrogens is 330 g/mol. The van der Waals surface area contributed by atoms with Crippen LogP contribution in [0, 0.1) is 11.5 Å². The smallest absolute Gasteiger partial charge is 0.129 e. The van der Waals surface area contributed by atoms with Crippen molar-refractivity contribution in [2.45, 2.75) is 33.5 Å². The predicted molar refractivity (Wildman–Crippen MR) is 91.8 cm³/mol. The number of rotatable bonds is 4. The highest BCUT2D eigenvalue weighted by atomic mass is 79.9. The highest BCUT2D eigenvalue weighted by Gasteiger charge is 2.08. The summed E-state index contributed by atoms with van der Waals surface area (Å²) in [5, 5.41) is 10.5. The van der Waals surface area contributed by atoms with Gasteiger partial charge in [0.05, 0.1) is 5.56 Å². The van der Waals surface area contributed by atoms with E-state index in [9.17, 15) is 0 Å². The van der Waals surface area contributed by atoms with Gasteiger partial charge in [0.15, 0.2) is 0 Å². The molecule has 0 N–H and O–H groups in total. The Morgan fingerprint density at radius 2 is 1.85 bits per heavy atom. The zero-order valence-electron chi connectivity index (χ0n) is 12.9. The lowest BCUT2D eigenvalue weighted by Gasteiger charge is -2.11. The van der Waals surface area contributed by atoms with Crippen molar-refractivity contribution < 1.29 is 0 Å². The Balaban J connectivity index is 3.10. The van der Waals surface area contributed by atoms with E-state index in [0.717, 1.165) is 28.8 Å². The number of benzene rings is 1. The van der Waals surface area contributed by atoms with Crippen LogP contribution < -0.4 is 0 Å². The molecule has 20 heavy (non-hydrogen) atoms. The standard InChI is InChI=1S/C15H22BrN3Si/c1-6-19(7-2)18-17-15-9-8-14(16)12-13(15)10-11-20(3,4)5/h8-9,12H,6-7H2,1-5H3. The van der Waals surface area contributed by atoms with Gasteiger partial charge in [-0.3, -0.25) is 5.01 Å². The van der Waals surface area contributed by atoms with Crippen molar-refractivity contribution in [3.8, 4) is 11.5 Å². The molecule has 0 saturated carbocycles. The van der Waals surface area contributed by atoms with Crippen LogP contribution in [0.2, 0.25) is 19.6 Å². The van der Waals surface area contributed by atoms with Crippen molar-refractivity contribution in [1.29, 1.82) is 0 Å². The zero-order chi connectivity index (χ0) is 15.2. The van der Waals surface area contributed by atoms with E-state index >= 15 is 0 Å². The Hall–Kier alpha value is -1.12. The summed E-state index contributed by atoms with van der Waals surface area (Å²) in [4.78, 5) is 0. The third-order valence-corrected chi connectivity index (χ3v) is 3.91. The van der Waals surface area contributed by atoms with Gasteiger partial charge in [-0.25, -0.2) is 0 Å². The SMILES string of the molecule is CCN(CC)N=Nc1ccc(Br)cc1C#C[Si](C)(C)C. The van der Waals surface area contributed by atoms with E-state index in [1.54, 1.807) is 0 Å². The molecule has 0 fully saturated rings. The van der Waals surface area contributed by atoms with Crippen molar-refractivity contribution in [2.24, 2.45) is 10.3 Å². The van der Waals surface area contributed by atoms with Crippen molar-refractivity contribution >= 4 is 29.7 Å². The van der Waals surface area contributed by atoms with Crippen LogP contribution in [0.25, 0.3) is 0 Å². The van der Waals surface area contributed by atoms with Crippen molar-refractivity contribution in [3.05, 3.63) is 28.2 Å². The van der Waals surface area contributed by atoms with E-state index in [1.807, 2.05) is 23.2 Å². The molecule has 1 rings (SSSR count). The molecule has 0 bridgehead atoms. The molecule has 0 amide bonds. The summed E-state index contributed by atoms with van der Waals surface area (Å²) in [7, 11) is -1.40. The van der Waals surface area contributed by atoms with E-state index in [0.29, 0.717) is 0 Å². The average Bonchev–Trinajstić information content (AvgIpc) is 2.38. The molecule has 0 radical (unpaired) electrons. The second-order valence-corrected chi connectivity index (χ2v) is 11.2. The van der Waals surface area contributed by atoms with Gasteiger partial charge in [-0.2, -0.15) is 0 Å². The summed E-state index contributed by atoms with van der Waals surface area (Å²) in [5.41, 5.74) is 5.13. The Morgan fingerprint density at radius 3 is 2.40 bits per heavy atom. The minimum Gasteiger partial charge on any atom is -0.279 e. The first-order chi connectivity index (χ1) is 9.35. The van der Waals surface area contributed by atoms with E-state index in [4.69, 9.17) is 0 Å². The van der Waals surface area contributed by atoms with Crippen molar-refractivity contribution in [2.75, 3.05) is 13.1 Å². The summed E-state index contributed by atoms with van der Waals surface area (Å²) >= 11 is 3.49. The van der Waals surface area contributed by atoms with Crippen LogP contribution >= 0.6 is 15.9 Å². The van der Waals surface area contributed by atoms with Gasteiger partial charge < -0.3 is 0 Å². The monoisotopic (exact) mass is 351 g/mol. The third-order valence-electron chi connectivity index (χ3n) is 2.54. The average molecular weight is 352 g/mol. The molecule has 0 aliphatic carbocycles. The predicted octanol–water partition coefficient (Wildman–Crippen LogP) is 5.02. The van der Waals surface area contributed by atoms with Crippen LogP contribution in [0.3, 0.4) is 0 Å². The Labute approximate surface area is 131 Å². The second-order valence-electron chi connectivity index (χ2n) is 5.49. The largest absolute Gasteiger partial charge is 0.279 e. The summed E-state index contributed by atoms with van der Waals surface area (Å²) in [6.45, 7) is 12.5. The van der Waals surface area contributed by atoms with Gasteiger partial charge in [0.2, 0.25) is 0 Å². The lowest BCUT2D eigenvalue weighted by Crippen LogP contribution is -2.16. The molecule has 0 aliphatic heterocycles. The van der Waals surface area contributed by atoms with Crippen molar-refractivity contribution in [3.63, 3.8) is 0 Å². The first-order valence-corrected chi connectivity index (χ1v) is 11.1. The van der Waals surface area contributed by atoms with Gasteiger partial charge in [0.25, 0.3) is 0 Å². The molecule has 0 saturated heterocycles. The minimum atomic E-state index is -1.40. The zero-order valence-corrected chi connectivity index (χ0v) is 15.5. The molecule has 0 atom stereocenters. The maximum absolute atomic E-state index is 4.33. The van der Waals surface area contributed by atoms with Crippen LogP contribution in [0.1, 0.15) is 19.4 Å². The van der Waals surface area contributed by atoms with Gasteiger partial charge in [0.1, 0.15) is 13.8 Å². The minimum absolute atomic E-state index is 0.825. The molecule has 0 heterocycles. The Bertz CT molecular complexity index is 534. The quantitative estimate of drug-likeness (QED) is 0.324. The highest BCUT2D eigenvalue weighted by molar-refractivity contribution is 9.10. The van der Waals surface area contributed by atoms with E-state index in [-0.39, 0.29) is 0 Å². The van der Waals surface area contributed by atoms with Gasteiger partial charge in [0, 0.05) is 17.6 Å². The normalized spacial score (nSPS) is 11.3. The number of nitrogens with zero attached hydrogens (tertiary/aromatic N) is 3. The maximum Gasteiger partial charge on any atom is 0.129 e. The molecule has 0 unspecified atom stereocenters. The molecule has 3 nitrogen and oxygen atoms in total. The van der Waals surface area contributed by atoms with E-state index in [2.05, 4.69) is 71.2 Å². The van der Waals surface area contributed by atoms with Crippen LogP contribution in [0.5, 0.6) is 0 Å². The molecule has 5 heteroatoms. The number of hydrogen-bond donors (Lipinski definition) is 0. The fourth-order valence-corrected chi connectivity index (χ4v) is 2.28. The van der Waals surface area contributed by atoms with Crippen LogP contribution in [-0.2, 0) is 0 Å². The molecular formula is C15H22BrN3Si. The Kier molecular flexibility index (Phi) is 6.44. The van der Waals surface area contributed by atoms with Gasteiger partial charge in [-0.05, 0) is 32.0 Å². The summed E-state index contributed by atoms with van der Waals surface area (Å²) in [6.07, 6.45) is 0. The molecule has 0 spiro atoms. The van der Waals surface area contributed by atoms with Crippen LogP contribution in [-0.4, -0.2) is 26.2 Å². The fourth-order valence-electron chi connectivity index (χ4n) is 1.41. The first-order valence-electron chi connectivity index (χ1n) is 6.85. The van der Waals surface area contributed by atoms with Gasteiger partial charge in [-0.1, -0.05) is 46.7 Å². The van der Waals surface area contributed by atoms with Gasteiger partial charge >= 0.3 is 0 Å². The lowest BCUT2D eigenvalue weighted by molar-refractivity contribution is 0.300. The molecule has 1 aromatic carbocycles. The van der Waals surface area contributed by atoms with E-state index in [1.165, 1.54) is 0 Å². The van der Waals surface area contributed by atoms with Crippen LogP contribution in [0.4, 0.5) is 5.69 Å². The maximum atomic E-state index is 4.33. The molecule has 1 aromatic rings. The highest BCUT2D eigenvalue weighted by Crippen LogP contribution is 2.23. The molecule has 108 valence electrons. The topological polar surface area (TPSA) is 28.0 Å². The Morgan fingerprint density at radius 1 is 1.20 bits per heavy atom. The molecule has 0 aromatic heterocycles. The summed E-state index contributed by atoms with van der Waals surface area (Å²) in [5.74, 6) is 3.26. The number of halogens is 1. The third kappa shape index (κ3) is 5.89. The summed E-state index contributed by atoms with van der Waals surface area (Å²) < 4.78 is 1.01. The van der Waals surface area contributed by atoms with Gasteiger partial charge in [-0.15, -0.1) is 10.7 Å². The second kappa shape index (κ2) is 7.60. The lowest BCUT2D eigenvalue weighted by atomic mass is 10.2. The number of hydrogen-bond acceptors (Lipinski definition) is 2. The van der Waals surface area contributed by atoms with E-state index < -0.39 is 8.07 Å². The first kappa shape index (κ1) is 16.9. The molecule has 0 aliphatic rings. The summed E-state index contributed by atoms with van der Waals surface area (Å²) in [6, 6.07) is 5.92. The van der Waals surface area contributed by atoms with Crippen LogP contribution in [0.15, 0.2) is 33.0 Å². The fraction of sp³-hybridized carbons (Fsp3) is 0.467. The van der Waals surface area contributed by atoms with Crippen molar-refractivity contribution in [1.82, 2.24) is 5.01 Å².